The number of hydrogen-bond donors (Lipinski definition) is 0. The quantitative estimate of drug-likeness (QED) is 0.522. The van der Waals surface area contributed by atoms with Gasteiger partial charge in [-0.3, -0.25) is 0 Å². The summed E-state index contributed by atoms with van der Waals surface area (Å²) in [5.41, 5.74) is 0. The van der Waals surface area contributed by atoms with Crippen molar-refractivity contribution in [1.29, 1.82) is 0 Å². The second-order valence-electron chi connectivity index (χ2n) is 4.20. The molecule has 0 amide bonds. The molecule has 0 radical (unpaired) electrons. The Morgan fingerprint density at radius 2 is 1.77 bits per heavy atom. The van der Waals surface area contributed by atoms with Crippen LogP contribution in [0.3, 0.4) is 0 Å². The molecule has 0 N–H and O–H groups in total. The molecule has 0 saturated heterocycles. The van der Waals surface area contributed by atoms with Crippen LogP contribution in [0.5, 0.6) is 0 Å². The Kier molecular flexibility index (Phi) is 8.07. The third-order valence-electron chi connectivity index (χ3n) is 2.53. The molecule has 0 aliphatic carbocycles. The van der Waals surface area contributed by atoms with E-state index >= 15 is 0 Å². The molecule has 0 rings (SSSR count). The molecule has 0 spiro atoms. The van der Waals surface area contributed by atoms with Crippen LogP contribution in [0.1, 0.15) is 65.7 Å². The lowest BCUT2D eigenvalue weighted by atomic mass is 9.97. The van der Waals surface area contributed by atoms with Crippen LogP contribution in [0, 0.1) is 5.92 Å². The minimum Gasteiger partial charge on any atom is -0.300 e. The molecule has 1 unspecified atom stereocenters. The van der Waals surface area contributed by atoms with Crippen molar-refractivity contribution in [2.24, 2.45) is 5.92 Å². The number of ketones is 1. The molecular weight excluding hydrogens is 160 g/mol. The fourth-order valence-electron chi connectivity index (χ4n) is 1.59. The summed E-state index contributed by atoms with van der Waals surface area (Å²) in [7, 11) is 0. The van der Waals surface area contributed by atoms with Gasteiger partial charge in [0, 0.05) is 6.42 Å². The summed E-state index contributed by atoms with van der Waals surface area (Å²) in [6.07, 6.45) is 8.45. The molecule has 0 aliphatic rings. The highest BCUT2D eigenvalue weighted by Gasteiger charge is 2.02. The van der Waals surface area contributed by atoms with Gasteiger partial charge in [0.25, 0.3) is 0 Å². The smallest absolute Gasteiger partial charge is 0.129 e. The molecule has 0 aromatic carbocycles. The van der Waals surface area contributed by atoms with Crippen molar-refractivity contribution in [3.8, 4) is 0 Å². The maximum atomic E-state index is 10.7. The predicted molar refractivity (Wildman–Crippen MR) is 57.8 cm³/mol. The van der Waals surface area contributed by atoms with E-state index in [1.54, 1.807) is 6.92 Å². The van der Waals surface area contributed by atoms with E-state index in [4.69, 9.17) is 0 Å². The summed E-state index contributed by atoms with van der Waals surface area (Å²) in [6, 6.07) is 0. The zero-order chi connectivity index (χ0) is 10.1. The van der Waals surface area contributed by atoms with Crippen LogP contribution in [0.4, 0.5) is 0 Å². The van der Waals surface area contributed by atoms with E-state index in [0.717, 1.165) is 18.8 Å². The van der Waals surface area contributed by atoms with E-state index in [0.29, 0.717) is 5.78 Å². The predicted octanol–water partition coefficient (Wildman–Crippen LogP) is 3.96. The highest BCUT2D eigenvalue weighted by Crippen LogP contribution is 2.15. The second-order valence-corrected chi connectivity index (χ2v) is 4.20. The number of hydrogen-bond acceptors (Lipinski definition) is 1. The minimum atomic E-state index is 0.334. The van der Waals surface area contributed by atoms with Crippen LogP contribution in [0.15, 0.2) is 0 Å². The number of rotatable bonds is 8. The van der Waals surface area contributed by atoms with Gasteiger partial charge in [0.1, 0.15) is 5.78 Å². The summed E-state index contributed by atoms with van der Waals surface area (Å²) >= 11 is 0. The molecule has 0 heterocycles. The molecule has 1 atom stereocenters. The van der Waals surface area contributed by atoms with Gasteiger partial charge in [0.15, 0.2) is 0 Å². The van der Waals surface area contributed by atoms with Gasteiger partial charge in [-0.2, -0.15) is 0 Å². The average Bonchev–Trinajstić information content (AvgIpc) is 2.04. The second kappa shape index (κ2) is 8.28. The van der Waals surface area contributed by atoms with Gasteiger partial charge in [-0.1, -0.05) is 46.0 Å². The van der Waals surface area contributed by atoms with Crippen molar-refractivity contribution in [1.82, 2.24) is 0 Å². The Bertz CT molecular complexity index is 129. The third-order valence-corrected chi connectivity index (χ3v) is 2.53. The lowest BCUT2D eigenvalue weighted by Gasteiger charge is -2.09. The summed E-state index contributed by atoms with van der Waals surface area (Å²) in [6.45, 7) is 6.22. The molecule has 78 valence electrons. The molecule has 0 fully saturated rings. The van der Waals surface area contributed by atoms with Gasteiger partial charge in [0.05, 0.1) is 0 Å². The van der Waals surface area contributed by atoms with Crippen molar-refractivity contribution in [2.75, 3.05) is 0 Å². The van der Waals surface area contributed by atoms with E-state index < -0.39 is 0 Å². The van der Waals surface area contributed by atoms with E-state index in [1.165, 1.54) is 32.1 Å². The summed E-state index contributed by atoms with van der Waals surface area (Å²) in [4.78, 5) is 10.7. The van der Waals surface area contributed by atoms with Gasteiger partial charge in [-0.05, 0) is 19.3 Å². The van der Waals surface area contributed by atoms with Gasteiger partial charge in [-0.15, -0.1) is 0 Å². The monoisotopic (exact) mass is 184 g/mol. The number of unbranched alkanes of at least 4 members (excludes halogenated alkanes) is 2. The van der Waals surface area contributed by atoms with Crippen molar-refractivity contribution in [3.05, 3.63) is 0 Å². The molecule has 1 nitrogen and oxygen atoms in total. The minimum absolute atomic E-state index is 0.334. The molecular formula is C12H24O. The SMILES string of the molecule is CCCCCC(C)CCCC(C)=O. The van der Waals surface area contributed by atoms with E-state index in [1.807, 2.05) is 0 Å². The molecule has 0 saturated carbocycles. The topological polar surface area (TPSA) is 17.1 Å². The average molecular weight is 184 g/mol. The molecule has 0 aromatic rings. The first kappa shape index (κ1) is 12.7. The van der Waals surface area contributed by atoms with Crippen molar-refractivity contribution < 1.29 is 4.79 Å². The molecule has 0 aromatic heterocycles. The standard InChI is InChI=1S/C12H24O/c1-4-5-6-8-11(2)9-7-10-12(3)13/h11H,4-10H2,1-3H3. The highest BCUT2D eigenvalue weighted by molar-refractivity contribution is 5.75. The van der Waals surface area contributed by atoms with Crippen LogP contribution < -0.4 is 0 Å². The molecule has 0 bridgehead atoms. The fourth-order valence-corrected chi connectivity index (χ4v) is 1.59. The van der Waals surface area contributed by atoms with Gasteiger partial charge in [0.2, 0.25) is 0 Å². The highest BCUT2D eigenvalue weighted by atomic mass is 16.1. The summed E-state index contributed by atoms with van der Waals surface area (Å²) in [5.74, 6) is 1.15. The number of carbonyl (C=O) groups excluding carboxylic acids is 1. The molecule has 1 heteroatoms. The van der Waals surface area contributed by atoms with Crippen molar-refractivity contribution >= 4 is 5.78 Å². The van der Waals surface area contributed by atoms with Gasteiger partial charge < -0.3 is 4.79 Å². The van der Waals surface area contributed by atoms with Crippen LogP contribution in [0.25, 0.3) is 0 Å². The lowest BCUT2D eigenvalue weighted by Crippen LogP contribution is -1.97. The molecule has 0 aliphatic heterocycles. The Hall–Kier alpha value is -0.330. The maximum Gasteiger partial charge on any atom is 0.129 e. The van der Waals surface area contributed by atoms with Crippen molar-refractivity contribution in [2.45, 2.75) is 65.7 Å². The van der Waals surface area contributed by atoms with Crippen molar-refractivity contribution in [3.63, 3.8) is 0 Å². The van der Waals surface area contributed by atoms with E-state index in [9.17, 15) is 4.79 Å². The van der Waals surface area contributed by atoms with Crippen LogP contribution >= 0.6 is 0 Å². The third kappa shape index (κ3) is 9.59. The Balaban J connectivity index is 3.19. The van der Waals surface area contributed by atoms with Gasteiger partial charge >= 0.3 is 0 Å². The fraction of sp³-hybridized carbons (Fsp3) is 0.917. The number of carbonyl (C=O) groups is 1. The van der Waals surface area contributed by atoms with Crippen LogP contribution in [-0.2, 0) is 4.79 Å². The summed E-state index contributed by atoms with van der Waals surface area (Å²) < 4.78 is 0. The zero-order valence-electron chi connectivity index (χ0n) is 9.44. The Morgan fingerprint density at radius 1 is 1.15 bits per heavy atom. The normalized spacial score (nSPS) is 12.8. The van der Waals surface area contributed by atoms with Crippen LogP contribution in [-0.4, -0.2) is 5.78 Å². The van der Waals surface area contributed by atoms with Gasteiger partial charge in [-0.25, -0.2) is 0 Å². The van der Waals surface area contributed by atoms with E-state index in [2.05, 4.69) is 13.8 Å². The Morgan fingerprint density at radius 3 is 2.31 bits per heavy atom. The number of Topliss-reactive ketones (excluding diaryl/α,β-unsaturated/α-hetero) is 1. The first-order chi connectivity index (χ1) is 6.16. The first-order valence-corrected chi connectivity index (χ1v) is 5.66. The van der Waals surface area contributed by atoms with E-state index in [-0.39, 0.29) is 0 Å². The summed E-state index contributed by atoms with van der Waals surface area (Å²) in [5, 5.41) is 0. The Labute approximate surface area is 82.9 Å². The lowest BCUT2D eigenvalue weighted by molar-refractivity contribution is -0.117. The zero-order valence-corrected chi connectivity index (χ0v) is 9.44. The first-order valence-electron chi connectivity index (χ1n) is 5.66. The van der Waals surface area contributed by atoms with Crippen LogP contribution in [0.2, 0.25) is 0 Å². The molecule has 13 heavy (non-hydrogen) atoms. The largest absolute Gasteiger partial charge is 0.300 e. The maximum absolute atomic E-state index is 10.7.